The first-order valence-electron chi connectivity index (χ1n) is 7.04. The molecule has 19 heavy (non-hydrogen) atoms. The molecule has 0 radical (unpaired) electrons. The van der Waals surface area contributed by atoms with Crippen LogP contribution in [0, 0.1) is 0 Å². The minimum absolute atomic E-state index is 0.823. The summed E-state index contributed by atoms with van der Waals surface area (Å²) in [6, 6.07) is 0. The van der Waals surface area contributed by atoms with Crippen molar-refractivity contribution in [2.24, 2.45) is 0 Å². The maximum absolute atomic E-state index is 4.44. The Balaban J connectivity index is 1.79. The molecule has 4 nitrogen and oxygen atoms in total. The van der Waals surface area contributed by atoms with Gasteiger partial charge >= 0.3 is 0 Å². The molecule has 0 aliphatic carbocycles. The normalized spacial score (nSPS) is 11.1. The number of rotatable bonds is 8. The van der Waals surface area contributed by atoms with Crippen molar-refractivity contribution in [3.63, 3.8) is 0 Å². The lowest BCUT2D eigenvalue weighted by molar-refractivity contribution is 0.617. The first-order chi connectivity index (χ1) is 9.31. The van der Waals surface area contributed by atoms with Gasteiger partial charge in [0.2, 0.25) is 0 Å². The highest BCUT2D eigenvalue weighted by atomic mass is 79.9. The number of halogens is 1. The number of nitrogens with zero attached hydrogens (tertiary/aromatic N) is 3. The van der Waals surface area contributed by atoms with Crippen molar-refractivity contribution in [1.29, 1.82) is 0 Å². The van der Waals surface area contributed by atoms with Crippen molar-refractivity contribution in [2.45, 2.75) is 45.4 Å². The van der Waals surface area contributed by atoms with E-state index in [-0.39, 0.29) is 0 Å². The molecule has 0 atom stereocenters. The summed E-state index contributed by atoms with van der Waals surface area (Å²) in [6.07, 6.45) is 13.5. The van der Waals surface area contributed by atoms with Crippen LogP contribution >= 0.6 is 15.9 Å². The molecule has 0 saturated heterocycles. The first kappa shape index (κ1) is 14.3. The van der Waals surface area contributed by atoms with Gasteiger partial charge in [0.1, 0.15) is 4.60 Å². The quantitative estimate of drug-likeness (QED) is 0.737. The Hall–Kier alpha value is -1.10. The van der Waals surface area contributed by atoms with E-state index in [1.165, 1.54) is 38.5 Å². The Labute approximate surface area is 122 Å². The van der Waals surface area contributed by atoms with Crippen molar-refractivity contribution in [3.05, 3.63) is 23.2 Å². The van der Waals surface area contributed by atoms with Crippen LogP contribution in [-0.4, -0.2) is 20.9 Å². The largest absolute Gasteiger partial charge is 0.367 e. The summed E-state index contributed by atoms with van der Waals surface area (Å²) >= 11 is 3.42. The van der Waals surface area contributed by atoms with Gasteiger partial charge in [-0.2, -0.15) is 0 Å². The maximum Gasteiger partial charge on any atom is 0.180 e. The average Bonchev–Trinajstić information content (AvgIpc) is 2.85. The van der Waals surface area contributed by atoms with Gasteiger partial charge < -0.3 is 9.72 Å². The molecule has 2 aromatic heterocycles. The topological polar surface area (TPSA) is 42.2 Å². The van der Waals surface area contributed by atoms with Gasteiger partial charge in [-0.05, 0) is 22.4 Å². The van der Waals surface area contributed by atoms with Crippen LogP contribution < -0.4 is 5.32 Å². The average molecular weight is 325 g/mol. The van der Waals surface area contributed by atoms with Crippen LogP contribution in [0.4, 0.5) is 5.82 Å². The molecule has 0 amide bonds. The standard InChI is InChI=1S/C14H21BrN4/c1-2-3-4-5-6-7-8-16-13-14-17-9-10-19(14)11-12(15)18-13/h9-11H,2-8H2,1H3,(H,16,18). The third-order valence-electron chi connectivity index (χ3n) is 3.17. The zero-order valence-corrected chi connectivity index (χ0v) is 13.0. The van der Waals surface area contributed by atoms with E-state index >= 15 is 0 Å². The lowest BCUT2D eigenvalue weighted by Crippen LogP contribution is -2.05. The second-order valence-electron chi connectivity index (χ2n) is 4.76. The summed E-state index contributed by atoms with van der Waals surface area (Å²) in [7, 11) is 0. The van der Waals surface area contributed by atoms with Gasteiger partial charge in [-0.25, -0.2) is 9.97 Å². The molecule has 104 valence electrons. The molecule has 2 rings (SSSR count). The molecule has 0 aliphatic heterocycles. The second-order valence-corrected chi connectivity index (χ2v) is 5.58. The molecule has 0 spiro atoms. The van der Waals surface area contributed by atoms with Gasteiger partial charge in [0.15, 0.2) is 11.5 Å². The highest BCUT2D eigenvalue weighted by Crippen LogP contribution is 2.17. The Morgan fingerprint density at radius 3 is 2.84 bits per heavy atom. The van der Waals surface area contributed by atoms with E-state index in [0.717, 1.165) is 22.6 Å². The number of hydrogen-bond acceptors (Lipinski definition) is 3. The minimum Gasteiger partial charge on any atom is -0.367 e. The van der Waals surface area contributed by atoms with E-state index in [0.29, 0.717) is 0 Å². The Morgan fingerprint density at radius 2 is 2.00 bits per heavy atom. The van der Waals surface area contributed by atoms with Crippen LogP contribution in [0.15, 0.2) is 23.2 Å². The highest BCUT2D eigenvalue weighted by Gasteiger charge is 2.05. The smallest absolute Gasteiger partial charge is 0.180 e. The molecule has 0 aliphatic rings. The number of imidazole rings is 1. The van der Waals surface area contributed by atoms with Gasteiger partial charge in [-0.15, -0.1) is 0 Å². The number of hydrogen-bond donors (Lipinski definition) is 1. The molecule has 5 heteroatoms. The van der Waals surface area contributed by atoms with Gasteiger partial charge in [-0.1, -0.05) is 39.0 Å². The summed E-state index contributed by atoms with van der Waals surface area (Å²) in [5, 5.41) is 3.38. The summed E-state index contributed by atoms with van der Waals surface area (Å²) in [5.41, 5.74) is 0.884. The fraction of sp³-hybridized carbons (Fsp3) is 0.571. The van der Waals surface area contributed by atoms with E-state index < -0.39 is 0 Å². The van der Waals surface area contributed by atoms with Gasteiger partial charge in [0.25, 0.3) is 0 Å². The number of fused-ring (bicyclic) bond motifs is 1. The Morgan fingerprint density at radius 1 is 1.21 bits per heavy atom. The van der Waals surface area contributed by atoms with Crippen LogP contribution in [-0.2, 0) is 0 Å². The van der Waals surface area contributed by atoms with Gasteiger partial charge in [0, 0.05) is 25.1 Å². The summed E-state index contributed by atoms with van der Waals surface area (Å²) in [6.45, 7) is 3.20. The van der Waals surface area contributed by atoms with E-state index in [2.05, 4.69) is 38.1 Å². The molecule has 0 fully saturated rings. The third kappa shape index (κ3) is 4.20. The Kier molecular flexibility index (Phi) is 5.63. The number of unbranched alkanes of at least 4 members (excludes halogenated alkanes) is 5. The molecule has 2 heterocycles. The number of nitrogens with one attached hydrogen (secondary N) is 1. The monoisotopic (exact) mass is 324 g/mol. The second kappa shape index (κ2) is 7.48. The fourth-order valence-electron chi connectivity index (χ4n) is 2.13. The fourth-order valence-corrected chi connectivity index (χ4v) is 2.53. The van der Waals surface area contributed by atoms with Crippen LogP contribution in [0.25, 0.3) is 5.65 Å². The lowest BCUT2D eigenvalue weighted by Gasteiger charge is -2.07. The zero-order valence-electron chi connectivity index (χ0n) is 11.4. The number of aromatic nitrogens is 3. The maximum atomic E-state index is 4.44. The predicted molar refractivity (Wildman–Crippen MR) is 82.6 cm³/mol. The molecular weight excluding hydrogens is 304 g/mol. The molecule has 0 aromatic carbocycles. The molecule has 0 unspecified atom stereocenters. The zero-order chi connectivity index (χ0) is 13.5. The summed E-state index contributed by atoms with van der Waals surface area (Å²) < 4.78 is 2.80. The van der Waals surface area contributed by atoms with E-state index in [1.54, 1.807) is 6.20 Å². The third-order valence-corrected chi connectivity index (χ3v) is 3.55. The molecule has 1 N–H and O–H groups in total. The van der Waals surface area contributed by atoms with Crippen LogP contribution in [0.3, 0.4) is 0 Å². The van der Waals surface area contributed by atoms with E-state index in [9.17, 15) is 0 Å². The van der Waals surface area contributed by atoms with Crippen molar-refractivity contribution >= 4 is 27.4 Å². The predicted octanol–water partition coefficient (Wildman–Crippen LogP) is 4.26. The first-order valence-corrected chi connectivity index (χ1v) is 7.83. The highest BCUT2D eigenvalue weighted by molar-refractivity contribution is 9.10. The van der Waals surface area contributed by atoms with Gasteiger partial charge in [0.05, 0.1) is 0 Å². The minimum atomic E-state index is 0.823. The van der Waals surface area contributed by atoms with Gasteiger partial charge in [-0.3, -0.25) is 0 Å². The molecule has 0 saturated carbocycles. The summed E-state index contributed by atoms with van der Waals surface area (Å²) in [4.78, 5) is 8.76. The van der Waals surface area contributed by atoms with Crippen LogP contribution in [0.2, 0.25) is 0 Å². The lowest BCUT2D eigenvalue weighted by atomic mass is 10.1. The molecular formula is C14H21BrN4. The van der Waals surface area contributed by atoms with E-state index in [1.807, 2.05) is 16.8 Å². The van der Waals surface area contributed by atoms with Crippen molar-refractivity contribution in [1.82, 2.24) is 14.4 Å². The van der Waals surface area contributed by atoms with Crippen LogP contribution in [0.5, 0.6) is 0 Å². The molecule has 2 aromatic rings. The summed E-state index contributed by atoms with van der Waals surface area (Å²) in [5.74, 6) is 0.855. The molecule has 0 bridgehead atoms. The van der Waals surface area contributed by atoms with Crippen molar-refractivity contribution < 1.29 is 0 Å². The Bertz CT molecular complexity index is 509. The van der Waals surface area contributed by atoms with E-state index in [4.69, 9.17) is 0 Å². The van der Waals surface area contributed by atoms with Crippen LogP contribution in [0.1, 0.15) is 45.4 Å². The van der Waals surface area contributed by atoms with Crippen molar-refractivity contribution in [2.75, 3.05) is 11.9 Å². The number of anilines is 1. The SMILES string of the molecule is CCCCCCCCNc1nc(Br)cn2ccnc12. The van der Waals surface area contributed by atoms with Crippen molar-refractivity contribution in [3.8, 4) is 0 Å².